The minimum absolute atomic E-state index is 0.0559. The highest BCUT2D eigenvalue weighted by Crippen LogP contribution is 2.27. The van der Waals surface area contributed by atoms with Gasteiger partial charge in [0.05, 0.1) is 0 Å². The molecule has 1 saturated heterocycles. The second-order valence-corrected chi connectivity index (χ2v) is 8.79. The summed E-state index contributed by atoms with van der Waals surface area (Å²) in [6.45, 7) is 7.16. The van der Waals surface area contributed by atoms with E-state index in [4.69, 9.17) is 0 Å². The highest BCUT2D eigenvalue weighted by atomic mass is 16.2. The monoisotopic (exact) mass is 424 g/mol. The number of hydrogen-bond acceptors (Lipinski definition) is 2. The lowest BCUT2D eigenvalue weighted by Gasteiger charge is -2.38. The van der Waals surface area contributed by atoms with Crippen molar-refractivity contribution in [3.8, 4) is 0 Å². The van der Waals surface area contributed by atoms with Crippen LogP contribution in [-0.2, 0) is 11.3 Å². The van der Waals surface area contributed by atoms with Crippen LogP contribution in [0.2, 0.25) is 0 Å². The van der Waals surface area contributed by atoms with E-state index in [2.05, 4.69) is 67.3 Å². The maximum atomic E-state index is 13.4. The Morgan fingerprint density at radius 2 is 1.50 bits per heavy atom. The van der Waals surface area contributed by atoms with E-state index in [0.29, 0.717) is 0 Å². The predicted octanol–water partition coefficient (Wildman–Crippen LogP) is 6.01. The van der Waals surface area contributed by atoms with Crippen molar-refractivity contribution >= 4 is 17.7 Å². The van der Waals surface area contributed by atoms with Crippen molar-refractivity contribution in [3.05, 3.63) is 107 Å². The van der Waals surface area contributed by atoms with Crippen LogP contribution in [0, 0.1) is 13.8 Å². The average Bonchev–Trinajstić information content (AvgIpc) is 2.80. The maximum absolute atomic E-state index is 13.4. The molecule has 1 heterocycles. The molecular weight excluding hydrogens is 392 g/mol. The summed E-state index contributed by atoms with van der Waals surface area (Å²) in [5.74, 6) is 0.0559. The van der Waals surface area contributed by atoms with Gasteiger partial charge in [-0.25, -0.2) is 0 Å². The largest absolute Gasteiger partial charge is 0.306 e. The molecule has 0 atom stereocenters. The van der Waals surface area contributed by atoms with Crippen LogP contribution in [0.4, 0.5) is 5.69 Å². The van der Waals surface area contributed by atoms with Crippen molar-refractivity contribution in [2.45, 2.75) is 39.3 Å². The molecule has 0 radical (unpaired) electrons. The number of benzene rings is 3. The fourth-order valence-corrected chi connectivity index (χ4v) is 4.60. The third-order valence-corrected chi connectivity index (χ3v) is 6.11. The normalized spacial score (nSPS) is 15.2. The van der Waals surface area contributed by atoms with E-state index in [1.807, 2.05) is 41.3 Å². The van der Waals surface area contributed by atoms with E-state index in [1.165, 1.54) is 16.7 Å². The Morgan fingerprint density at radius 1 is 0.906 bits per heavy atom. The topological polar surface area (TPSA) is 23.6 Å². The van der Waals surface area contributed by atoms with Gasteiger partial charge in [-0.15, -0.1) is 0 Å². The molecule has 0 aliphatic carbocycles. The molecule has 0 N–H and O–H groups in total. The number of nitrogens with zero attached hydrogens (tertiary/aromatic N) is 2. The van der Waals surface area contributed by atoms with Gasteiger partial charge in [-0.1, -0.05) is 66.7 Å². The van der Waals surface area contributed by atoms with Gasteiger partial charge in [0.1, 0.15) is 0 Å². The van der Waals surface area contributed by atoms with E-state index < -0.39 is 0 Å². The number of piperidine rings is 1. The zero-order chi connectivity index (χ0) is 22.3. The summed E-state index contributed by atoms with van der Waals surface area (Å²) in [5, 5.41) is 0. The number of aryl methyl sites for hydroxylation is 2. The van der Waals surface area contributed by atoms with Crippen molar-refractivity contribution < 1.29 is 4.79 Å². The number of likely N-dealkylation sites (tertiary alicyclic amines) is 1. The molecule has 0 aromatic heterocycles. The molecular formula is C29H32N2O. The molecule has 1 amide bonds. The van der Waals surface area contributed by atoms with Crippen LogP contribution < -0.4 is 4.90 Å². The summed E-state index contributed by atoms with van der Waals surface area (Å²) >= 11 is 0. The van der Waals surface area contributed by atoms with Gasteiger partial charge < -0.3 is 4.90 Å². The van der Waals surface area contributed by atoms with E-state index in [1.54, 1.807) is 6.08 Å². The molecule has 3 nitrogen and oxygen atoms in total. The van der Waals surface area contributed by atoms with Gasteiger partial charge in [-0.05, 0) is 67.2 Å². The molecule has 1 aliphatic rings. The summed E-state index contributed by atoms with van der Waals surface area (Å²) in [6, 6.07) is 27.3. The summed E-state index contributed by atoms with van der Waals surface area (Å²) < 4.78 is 0. The van der Waals surface area contributed by atoms with Gasteiger partial charge in [0.25, 0.3) is 5.91 Å². The minimum Gasteiger partial charge on any atom is -0.306 e. The van der Waals surface area contributed by atoms with Gasteiger partial charge in [0.15, 0.2) is 0 Å². The molecule has 3 aromatic carbocycles. The van der Waals surface area contributed by atoms with Crippen LogP contribution in [0.15, 0.2) is 84.9 Å². The molecule has 0 spiro atoms. The Morgan fingerprint density at radius 3 is 2.12 bits per heavy atom. The molecule has 3 aromatic rings. The Balaban J connectivity index is 1.51. The Bertz CT molecular complexity index is 1030. The van der Waals surface area contributed by atoms with E-state index in [-0.39, 0.29) is 11.9 Å². The molecule has 164 valence electrons. The first-order chi connectivity index (χ1) is 15.6. The highest BCUT2D eigenvalue weighted by Gasteiger charge is 2.28. The van der Waals surface area contributed by atoms with E-state index >= 15 is 0 Å². The van der Waals surface area contributed by atoms with Crippen LogP contribution in [0.1, 0.15) is 35.1 Å². The van der Waals surface area contributed by atoms with Gasteiger partial charge in [-0.3, -0.25) is 9.69 Å². The SMILES string of the molecule is Cc1cc(C)cc(N(C(=O)C=Cc2ccccc2)C2CCN(Cc3ccccc3)CC2)c1. The summed E-state index contributed by atoms with van der Waals surface area (Å²) in [4.78, 5) is 18.0. The summed E-state index contributed by atoms with van der Waals surface area (Å²) in [5.41, 5.74) is 5.77. The van der Waals surface area contributed by atoms with Crippen molar-refractivity contribution in [1.82, 2.24) is 4.90 Å². The Hall–Kier alpha value is -3.17. The second kappa shape index (κ2) is 10.4. The molecule has 1 aliphatic heterocycles. The van der Waals surface area contributed by atoms with Crippen LogP contribution in [0.3, 0.4) is 0 Å². The number of carbonyl (C=O) groups excluding carboxylic acids is 1. The molecule has 32 heavy (non-hydrogen) atoms. The van der Waals surface area contributed by atoms with Gasteiger partial charge in [-0.2, -0.15) is 0 Å². The predicted molar refractivity (Wildman–Crippen MR) is 134 cm³/mol. The van der Waals surface area contributed by atoms with Crippen LogP contribution in [0.25, 0.3) is 6.08 Å². The summed E-state index contributed by atoms with van der Waals surface area (Å²) in [6.07, 6.45) is 5.60. The Labute approximate surface area is 192 Å². The first-order valence-electron chi connectivity index (χ1n) is 11.5. The lowest BCUT2D eigenvalue weighted by atomic mass is 10.00. The van der Waals surface area contributed by atoms with E-state index in [0.717, 1.165) is 43.7 Å². The van der Waals surface area contributed by atoms with Gasteiger partial charge >= 0.3 is 0 Å². The van der Waals surface area contributed by atoms with Gasteiger partial charge in [0.2, 0.25) is 0 Å². The number of anilines is 1. The molecule has 4 rings (SSSR count). The minimum atomic E-state index is 0.0559. The zero-order valence-electron chi connectivity index (χ0n) is 19.1. The fourth-order valence-electron chi connectivity index (χ4n) is 4.60. The van der Waals surface area contributed by atoms with Crippen molar-refractivity contribution in [2.75, 3.05) is 18.0 Å². The quantitative estimate of drug-likeness (QED) is 0.452. The van der Waals surface area contributed by atoms with E-state index in [9.17, 15) is 4.79 Å². The summed E-state index contributed by atoms with van der Waals surface area (Å²) in [7, 11) is 0. The number of carbonyl (C=O) groups is 1. The van der Waals surface area contributed by atoms with Crippen molar-refractivity contribution in [3.63, 3.8) is 0 Å². The molecule has 0 unspecified atom stereocenters. The first-order valence-corrected chi connectivity index (χ1v) is 11.5. The smallest absolute Gasteiger partial charge is 0.251 e. The van der Waals surface area contributed by atoms with Crippen molar-refractivity contribution in [1.29, 1.82) is 0 Å². The maximum Gasteiger partial charge on any atom is 0.251 e. The molecule has 3 heteroatoms. The second-order valence-electron chi connectivity index (χ2n) is 8.79. The molecule has 0 bridgehead atoms. The van der Waals surface area contributed by atoms with Crippen LogP contribution >= 0.6 is 0 Å². The first kappa shape index (κ1) is 22.0. The standard InChI is InChI=1S/C29H32N2O/c1-23-19-24(2)21-28(20-23)31(29(32)14-13-25-9-5-3-6-10-25)27-15-17-30(18-16-27)22-26-11-7-4-8-12-26/h3-14,19-21,27H,15-18,22H2,1-2H3. The van der Waals surface area contributed by atoms with Gasteiger partial charge in [0, 0.05) is 37.4 Å². The number of amides is 1. The number of rotatable bonds is 6. The lowest BCUT2D eigenvalue weighted by molar-refractivity contribution is -0.114. The third kappa shape index (κ3) is 5.74. The fraction of sp³-hybridized carbons (Fsp3) is 0.276. The Kier molecular flexibility index (Phi) is 7.18. The van der Waals surface area contributed by atoms with Crippen LogP contribution in [-0.4, -0.2) is 29.9 Å². The van der Waals surface area contributed by atoms with Crippen LogP contribution in [0.5, 0.6) is 0 Å². The lowest BCUT2D eigenvalue weighted by Crippen LogP contribution is -2.47. The third-order valence-electron chi connectivity index (χ3n) is 6.11. The van der Waals surface area contributed by atoms with Crippen molar-refractivity contribution in [2.24, 2.45) is 0 Å². The average molecular weight is 425 g/mol. The molecule has 0 saturated carbocycles. The number of hydrogen-bond donors (Lipinski definition) is 0. The zero-order valence-corrected chi connectivity index (χ0v) is 19.1. The highest BCUT2D eigenvalue weighted by molar-refractivity contribution is 6.04. The molecule has 1 fully saturated rings.